The largest absolute Gasteiger partial charge is 0.377 e. The molecule has 0 bridgehead atoms. The van der Waals surface area contributed by atoms with Crippen LogP contribution in [-0.4, -0.2) is 32.1 Å². The lowest BCUT2D eigenvalue weighted by Crippen LogP contribution is -2.01. The molecule has 0 aliphatic heterocycles. The van der Waals surface area contributed by atoms with Crippen molar-refractivity contribution in [2.75, 3.05) is 7.11 Å². The van der Waals surface area contributed by atoms with Crippen LogP contribution in [0.4, 0.5) is 0 Å². The molecule has 0 radical (unpaired) electrons. The molecule has 0 saturated heterocycles. The molecule has 0 aliphatic carbocycles. The first-order chi connectivity index (χ1) is 7.70. The highest BCUT2D eigenvalue weighted by atomic mass is 35.5. The van der Waals surface area contributed by atoms with Crippen LogP contribution in [0.1, 0.15) is 5.82 Å². The van der Waals surface area contributed by atoms with Crippen LogP contribution in [0.25, 0.3) is 11.4 Å². The lowest BCUT2D eigenvalue weighted by atomic mass is 10.3. The summed E-state index contributed by atoms with van der Waals surface area (Å²) in [6.45, 7) is 0.318. The molecule has 2 aromatic rings. The zero-order chi connectivity index (χ0) is 11.5. The number of ether oxygens (including phenoxy) is 1. The van der Waals surface area contributed by atoms with Crippen LogP contribution in [0.5, 0.6) is 0 Å². The lowest BCUT2D eigenvalue weighted by Gasteiger charge is -2.03. The number of halogens is 1. The molecular weight excluding hydrogens is 230 g/mol. The second-order valence-electron chi connectivity index (χ2n) is 3.17. The Kier molecular flexibility index (Phi) is 3.12. The maximum Gasteiger partial charge on any atom is 0.156 e. The van der Waals surface area contributed by atoms with E-state index in [9.17, 15) is 0 Å². The Morgan fingerprint density at radius 2 is 2.25 bits per heavy atom. The first-order valence-electron chi connectivity index (χ1n) is 4.58. The van der Waals surface area contributed by atoms with E-state index in [0.29, 0.717) is 23.3 Å². The molecule has 7 heteroatoms. The van der Waals surface area contributed by atoms with Crippen LogP contribution in [0.3, 0.4) is 0 Å². The van der Waals surface area contributed by atoms with Crippen LogP contribution in [-0.2, 0) is 18.4 Å². The molecule has 0 fully saturated rings. The maximum absolute atomic E-state index is 5.90. The molecule has 0 aromatic carbocycles. The number of rotatable bonds is 3. The highest BCUT2D eigenvalue weighted by molar-refractivity contribution is 6.29. The molecular formula is C9H10ClN5O. The summed E-state index contributed by atoms with van der Waals surface area (Å²) in [6, 6.07) is 1.67. The van der Waals surface area contributed by atoms with Gasteiger partial charge in [-0.1, -0.05) is 16.8 Å². The number of aromatic nitrogens is 5. The molecule has 0 saturated carbocycles. The monoisotopic (exact) mass is 239 g/mol. The van der Waals surface area contributed by atoms with E-state index in [1.54, 1.807) is 31.1 Å². The van der Waals surface area contributed by atoms with Crippen LogP contribution in [0.15, 0.2) is 12.3 Å². The molecule has 2 aromatic heterocycles. The molecule has 0 aliphatic rings. The number of hydrogen-bond donors (Lipinski definition) is 0. The van der Waals surface area contributed by atoms with E-state index < -0.39 is 0 Å². The van der Waals surface area contributed by atoms with Gasteiger partial charge in [-0.15, -0.1) is 5.10 Å². The zero-order valence-electron chi connectivity index (χ0n) is 8.88. The third-order valence-corrected chi connectivity index (χ3v) is 2.19. The van der Waals surface area contributed by atoms with E-state index in [1.165, 1.54) is 0 Å². The molecule has 16 heavy (non-hydrogen) atoms. The Bertz CT molecular complexity index is 498. The number of nitrogens with zero attached hydrogens (tertiary/aromatic N) is 5. The van der Waals surface area contributed by atoms with Crippen LogP contribution >= 0.6 is 11.6 Å². The van der Waals surface area contributed by atoms with Gasteiger partial charge in [0.25, 0.3) is 0 Å². The molecule has 0 N–H and O–H groups in total. The maximum atomic E-state index is 5.90. The van der Waals surface area contributed by atoms with Gasteiger partial charge in [0.2, 0.25) is 0 Å². The van der Waals surface area contributed by atoms with E-state index in [1.807, 2.05) is 0 Å². The quantitative estimate of drug-likeness (QED) is 0.750. The van der Waals surface area contributed by atoms with Gasteiger partial charge in [0.05, 0.1) is 11.9 Å². The molecule has 2 rings (SSSR count). The summed E-state index contributed by atoms with van der Waals surface area (Å²) >= 11 is 5.90. The Balaban J connectivity index is 2.45. The van der Waals surface area contributed by atoms with Crippen LogP contribution in [0, 0.1) is 0 Å². The SMILES string of the molecule is COCc1nc(Cl)cc(-c2cnnn2C)n1. The predicted octanol–water partition coefficient (Wildman–Crippen LogP) is 1.07. The Labute approximate surface area is 97.2 Å². The first kappa shape index (κ1) is 11.0. The van der Waals surface area contributed by atoms with Gasteiger partial charge in [0.1, 0.15) is 17.5 Å². The van der Waals surface area contributed by atoms with Crippen molar-refractivity contribution in [2.24, 2.45) is 7.05 Å². The van der Waals surface area contributed by atoms with Crippen molar-refractivity contribution in [3.05, 3.63) is 23.2 Å². The fourth-order valence-electron chi connectivity index (χ4n) is 1.31. The highest BCUT2D eigenvalue weighted by Crippen LogP contribution is 2.18. The molecule has 6 nitrogen and oxygen atoms in total. The predicted molar refractivity (Wildman–Crippen MR) is 57.8 cm³/mol. The van der Waals surface area contributed by atoms with Gasteiger partial charge in [0.15, 0.2) is 5.82 Å². The second-order valence-corrected chi connectivity index (χ2v) is 3.56. The average molecular weight is 240 g/mol. The summed E-state index contributed by atoms with van der Waals surface area (Å²) < 4.78 is 6.58. The van der Waals surface area contributed by atoms with E-state index in [0.717, 1.165) is 5.69 Å². The Morgan fingerprint density at radius 3 is 2.88 bits per heavy atom. The minimum Gasteiger partial charge on any atom is -0.377 e. The molecule has 0 atom stereocenters. The van der Waals surface area contributed by atoms with Crippen molar-refractivity contribution >= 4 is 11.6 Å². The Hall–Kier alpha value is -1.53. The van der Waals surface area contributed by atoms with Crippen molar-refractivity contribution in [2.45, 2.75) is 6.61 Å². The van der Waals surface area contributed by atoms with Crippen molar-refractivity contribution < 1.29 is 4.74 Å². The fraction of sp³-hybridized carbons (Fsp3) is 0.333. The normalized spacial score (nSPS) is 10.7. The topological polar surface area (TPSA) is 65.7 Å². The molecule has 84 valence electrons. The van der Waals surface area contributed by atoms with Crippen molar-refractivity contribution in [1.29, 1.82) is 0 Å². The number of aryl methyl sites for hydroxylation is 1. The van der Waals surface area contributed by atoms with Gasteiger partial charge >= 0.3 is 0 Å². The Morgan fingerprint density at radius 1 is 1.44 bits per heavy atom. The average Bonchev–Trinajstić information content (AvgIpc) is 2.64. The zero-order valence-corrected chi connectivity index (χ0v) is 9.64. The van der Waals surface area contributed by atoms with Crippen LogP contribution in [0.2, 0.25) is 5.15 Å². The first-order valence-corrected chi connectivity index (χ1v) is 4.96. The highest BCUT2D eigenvalue weighted by Gasteiger charge is 2.09. The smallest absolute Gasteiger partial charge is 0.156 e. The van der Waals surface area contributed by atoms with Gasteiger partial charge in [0, 0.05) is 20.2 Å². The fourth-order valence-corrected chi connectivity index (χ4v) is 1.51. The van der Waals surface area contributed by atoms with Crippen molar-refractivity contribution in [3.8, 4) is 11.4 Å². The van der Waals surface area contributed by atoms with E-state index in [2.05, 4.69) is 20.3 Å². The summed E-state index contributed by atoms with van der Waals surface area (Å²) in [4.78, 5) is 8.35. The molecule has 2 heterocycles. The lowest BCUT2D eigenvalue weighted by molar-refractivity contribution is 0.178. The van der Waals surface area contributed by atoms with Gasteiger partial charge < -0.3 is 4.74 Å². The number of methoxy groups -OCH3 is 1. The standard InChI is InChI=1S/C9H10ClN5O/c1-15-7(4-11-14-15)6-3-8(10)13-9(12-6)5-16-2/h3-4H,5H2,1-2H3. The minimum atomic E-state index is 0.318. The van der Waals surface area contributed by atoms with E-state index in [4.69, 9.17) is 16.3 Å². The van der Waals surface area contributed by atoms with Gasteiger partial charge in [-0.3, -0.25) is 0 Å². The summed E-state index contributed by atoms with van der Waals surface area (Å²) in [5, 5.41) is 7.99. The molecule has 0 amide bonds. The van der Waals surface area contributed by atoms with Gasteiger partial charge in [-0.05, 0) is 0 Å². The minimum absolute atomic E-state index is 0.318. The number of hydrogen-bond acceptors (Lipinski definition) is 5. The molecule has 0 unspecified atom stereocenters. The summed E-state index contributed by atoms with van der Waals surface area (Å²) in [7, 11) is 3.36. The third-order valence-electron chi connectivity index (χ3n) is 1.99. The summed E-state index contributed by atoms with van der Waals surface area (Å²) in [5.74, 6) is 0.534. The van der Waals surface area contributed by atoms with Crippen molar-refractivity contribution in [1.82, 2.24) is 25.0 Å². The summed E-state index contributed by atoms with van der Waals surface area (Å²) in [6.07, 6.45) is 1.62. The summed E-state index contributed by atoms with van der Waals surface area (Å²) in [5.41, 5.74) is 1.46. The molecule has 0 spiro atoms. The third kappa shape index (κ3) is 2.17. The van der Waals surface area contributed by atoms with E-state index >= 15 is 0 Å². The van der Waals surface area contributed by atoms with E-state index in [-0.39, 0.29) is 0 Å². The van der Waals surface area contributed by atoms with Crippen molar-refractivity contribution in [3.63, 3.8) is 0 Å². The van der Waals surface area contributed by atoms with Gasteiger partial charge in [-0.25, -0.2) is 14.6 Å². The van der Waals surface area contributed by atoms with Gasteiger partial charge in [-0.2, -0.15) is 0 Å². The second kappa shape index (κ2) is 4.54. The van der Waals surface area contributed by atoms with Crippen LogP contribution < -0.4 is 0 Å².